The third-order valence-electron chi connectivity index (χ3n) is 4.92. The van der Waals surface area contributed by atoms with E-state index in [2.05, 4.69) is 17.4 Å². The fourth-order valence-electron chi connectivity index (χ4n) is 3.37. The Hall–Kier alpha value is -3.34. The van der Waals surface area contributed by atoms with E-state index in [9.17, 15) is 9.59 Å². The van der Waals surface area contributed by atoms with E-state index in [1.165, 1.54) is 11.1 Å². The maximum atomic E-state index is 12.5. The van der Waals surface area contributed by atoms with E-state index in [0.29, 0.717) is 18.7 Å². The molecule has 1 aliphatic heterocycles. The van der Waals surface area contributed by atoms with Crippen LogP contribution in [0.3, 0.4) is 0 Å². The Bertz CT molecular complexity index is 946. The van der Waals surface area contributed by atoms with E-state index in [4.69, 9.17) is 0 Å². The molecule has 0 atom stereocenters. The molecule has 0 radical (unpaired) electrons. The average molecular weight is 359 g/mol. The van der Waals surface area contributed by atoms with Crippen LogP contribution in [0, 0.1) is 0 Å². The molecule has 0 unspecified atom stereocenters. The number of nitrogens with zero attached hydrogens (tertiary/aromatic N) is 2. The molecule has 0 bridgehead atoms. The van der Waals surface area contributed by atoms with Gasteiger partial charge in [0.25, 0.3) is 5.91 Å². The third kappa shape index (κ3) is 3.77. The van der Waals surface area contributed by atoms with Crippen molar-refractivity contribution in [2.24, 2.45) is 0 Å². The lowest BCUT2D eigenvalue weighted by atomic mass is 10.00. The van der Waals surface area contributed by atoms with Gasteiger partial charge in [0.1, 0.15) is 0 Å². The number of fused-ring (bicyclic) bond motifs is 1. The molecule has 2 amide bonds. The molecule has 27 heavy (non-hydrogen) atoms. The van der Waals surface area contributed by atoms with Crippen LogP contribution in [0.5, 0.6) is 0 Å². The van der Waals surface area contributed by atoms with Crippen molar-refractivity contribution in [3.63, 3.8) is 0 Å². The summed E-state index contributed by atoms with van der Waals surface area (Å²) in [6.07, 6.45) is 4.76. The van der Waals surface area contributed by atoms with Crippen LogP contribution in [0.15, 0.2) is 73.1 Å². The van der Waals surface area contributed by atoms with Crippen LogP contribution in [-0.4, -0.2) is 34.4 Å². The number of hydrogen-bond acceptors (Lipinski definition) is 2. The van der Waals surface area contributed by atoms with Gasteiger partial charge in [0, 0.05) is 36.7 Å². The standard InChI is InChI=1S/C22H21N3O2/c26-21(25-14-11-17-5-1-2-6-19(17)16-25)15-23-22(27)18-7-9-20(10-8-18)24-12-3-4-13-24/h1-10,12-13H,11,14-16H2,(H,23,27). The van der Waals surface area contributed by atoms with Crippen LogP contribution in [0.4, 0.5) is 0 Å². The summed E-state index contributed by atoms with van der Waals surface area (Å²) in [4.78, 5) is 26.6. The number of aromatic nitrogens is 1. The molecule has 5 heteroatoms. The minimum absolute atomic E-state index is 0.0142. The Labute approximate surface area is 158 Å². The Morgan fingerprint density at radius 1 is 0.889 bits per heavy atom. The van der Waals surface area contributed by atoms with Gasteiger partial charge >= 0.3 is 0 Å². The molecule has 5 nitrogen and oxygen atoms in total. The van der Waals surface area contributed by atoms with Crippen molar-refractivity contribution in [1.29, 1.82) is 0 Å². The molecule has 1 N–H and O–H groups in total. The van der Waals surface area contributed by atoms with Gasteiger partial charge in [-0.3, -0.25) is 9.59 Å². The summed E-state index contributed by atoms with van der Waals surface area (Å²) in [7, 11) is 0. The molecule has 3 aromatic rings. The normalized spacial score (nSPS) is 13.1. The van der Waals surface area contributed by atoms with Gasteiger partial charge in [-0.15, -0.1) is 0 Å². The SMILES string of the molecule is O=C(NCC(=O)N1CCc2ccccc2C1)c1ccc(-n2cccc2)cc1. The lowest BCUT2D eigenvalue weighted by Crippen LogP contribution is -2.42. The molecule has 0 aliphatic carbocycles. The highest BCUT2D eigenvalue weighted by Gasteiger charge is 2.20. The summed E-state index contributed by atoms with van der Waals surface area (Å²) in [6.45, 7) is 1.31. The van der Waals surface area contributed by atoms with Crippen molar-refractivity contribution in [1.82, 2.24) is 14.8 Å². The van der Waals surface area contributed by atoms with Gasteiger partial charge in [-0.25, -0.2) is 0 Å². The van der Waals surface area contributed by atoms with Gasteiger partial charge in [0.2, 0.25) is 5.91 Å². The summed E-state index contributed by atoms with van der Waals surface area (Å²) >= 11 is 0. The maximum Gasteiger partial charge on any atom is 0.251 e. The first-order valence-corrected chi connectivity index (χ1v) is 9.07. The minimum Gasteiger partial charge on any atom is -0.343 e. The zero-order valence-corrected chi connectivity index (χ0v) is 15.0. The topological polar surface area (TPSA) is 54.3 Å². The fraction of sp³-hybridized carbons (Fsp3) is 0.182. The van der Waals surface area contributed by atoms with Gasteiger partial charge in [-0.1, -0.05) is 24.3 Å². The Morgan fingerprint density at radius 3 is 2.33 bits per heavy atom. The van der Waals surface area contributed by atoms with Crippen molar-refractivity contribution >= 4 is 11.8 Å². The predicted molar refractivity (Wildman–Crippen MR) is 104 cm³/mol. The summed E-state index contributed by atoms with van der Waals surface area (Å²) in [5.41, 5.74) is 4.01. The largest absolute Gasteiger partial charge is 0.343 e. The van der Waals surface area contributed by atoms with Gasteiger partial charge in [0.15, 0.2) is 0 Å². The average Bonchev–Trinajstić information content (AvgIpc) is 3.26. The van der Waals surface area contributed by atoms with Crippen molar-refractivity contribution in [3.05, 3.63) is 89.7 Å². The summed E-state index contributed by atoms with van der Waals surface area (Å²) in [5.74, 6) is -0.290. The van der Waals surface area contributed by atoms with Gasteiger partial charge in [-0.2, -0.15) is 0 Å². The zero-order chi connectivity index (χ0) is 18.6. The lowest BCUT2D eigenvalue weighted by Gasteiger charge is -2.29. The summed E-state index contributed by atoms with van der Waals surface area (Å²) in [5, 5.41) is 2.74. The van der Waals surface area contributed by atoms with Crippen molar-refractivity contribution < 1.29 is 9.59 Å². The molecule has 2 aromatic carbocycles. The lowest BCUT2D eigenvalue weighted by molar-refractivity contribution is -0.131. The molecule has 0 spiro atoms. The molecule has 136 valence electrons. The van der Waals surface area contributed by atoms with E-state index in [0.717, 1.165) is 12.1 Å². The van der Waals surface area contributed by atoms with Crippen molar-refractivity contribution in [2.45, 2.75) is 13.0 Å². The number of carbonyl (C=O) groups is 2. The van der Waals surface area contributed by atoms with Gasteiger partial charge in [-0.05, 0) is 53.9 Å². The molecule has 1 aliphatic rings. The zero-order valence-electron chi connectivity index (χ0n) is 15.0. The summed E-state index contributed by atoms with van der Waals surface area (Å²) in [6, 6.07) is 19.4. The maximum absolute atomic E-state index is 12.5. The number of nitrogens with one attached hydrogen (secondary N) is 1. The van der Waals surface area contributed by atoms with Gasteiger partial charge < -0.3 is 14.8 Å². The van der Waals surface area contributed by atoms with E-state index >= 15 is 0 Å². The van der Waals surface area contributed by atoms with Crippen LogP contribution in [0.2, 0.25) is 0 Å². The molecule has 4 rings (SSSR count). The molecule has 2 heterocycles. The number of carbonyl (C=O) groups excluding carboxylic acids is 2. The van der Waals surface area contributed by atoms with E-state index in [1.54, 1.807) is 17.0 Å². The second-order valence-electron chi connectivity index (χ2n) is 6.65. The van der Waals surface area contributed by atoms with E-state index in [1.807, 2.05) is 53.4 Å². The molecule has 0 fully saturated rings. The Morgan fingerprint density at radius 2 is 1.59 bits per heavy atom. The molecular weight excluding hydrogens is 338 g/mol. The first-order chi connectivity index (χ1) is 13.2. The van der Waals surface area contributed by atoms with E-state index < -0.39 is 0 Å². The van der Waals surface area contributed by atoms with Crippen LogP contribution < -0.4 is 5.32 Å². The highest BCUT2D eigenvalue weighted by atomic mass is 16.2. The predicted octanol–water partition coefficient (Wildman–Crippen LogP) is 2.79. The van der Waals surface area contributed by atoms with Crippen LogP contribution in [0.25, 0.3) is 5.69 Å². The van der Waals surface area contributed by atoms with Crippen molar-refractivity contribution in [2.75, 3.05) is 13.1 Å². The van der Waals surface area contributed by atoms with Crippen molar-refractivity contribution in [3.8, 4) is 5.69 Å². The summed E-state index contributed by atoms with van der Waals surface area (Å²) < 4.78 is 1.97. The second kappa shape index (κ2) is 7.50. The highest BCUT2D eigenvalue weighted by molar-refractivity contribution is 5.96. The monoisotopic (exact) mass is 359 g/mol. The number of rotatable bonds is 4. The van der Waals surface area contributed by atoms with Gasteiger partial charge in [0.05, 0.1) is 6.54 Å². The number of benzene rings is 2. The fourth-order valence-corrected chi connectivity index (χ4v) is 3.37. The smallest absolute Gasteiger partial charge is 0.251 e. The Balaban J connectivity index is 1.33. The molecular formula is C22H21N3O2. The van der Waals surface area contributed by atoms with Crippen LogP contribution >= 0.6 is 0 Å². The molecule has 0 saturated heterocycles. The first kappa shape index (κ1) is 17.1. The molecule has 1 aromatic heterocycles. The number of hydrogen-bond donors (Lipinski definition) is 1. The third-order valence-corrected chi connectivity index (χ3v) is 4.92. The van der Waals surface area contributed by atoms with Crippen LogP contribution in [0.1, 0.15) is 21.5 Å². The minimum atomic E-state index is -0.236. The Kier molecular flexibility index (Phi) is 4.75. The van der Waals surface area contributed by atoms with E-state index in [-0.39, 0.29) is 18.4 Å². The molecule has 0 saturated carbocycles. The number of amides is 2. The van der Waals surface area contributed by atoms with Crippen LogP contribution in [-0.2, 0) is 17.8 Å². The first-order valence-electron chi connectivity index (χ1n) is 9.07. The quantitative estimate of drug-likeness (QED) is 0.779. The second-order valence-corrected chi connectivity index (χ2v) is 6.65. The highest BCUT2D eigenvalue weighted by Crippen LogP contribution is 2.18.